The summed E-state index contributed by atoms with van der Waals surface area (Å²) in [6.45, 7) is 4.73. The van der Waals surface area contributed by atoms with Gasteiger partial charge in [-0.15, -0.1) is 0 Å². The van der Waals surface area contributed by atoms with Crippen molar-refractivity contribution in [1.29, 1.82) is 0 Å². The highest BCUT2D eigenvalue weighted by molar-refractivity contribution is 7.80. The van der Waals surface area contributed by atoms with Crippen LogP contribution < -0.4 is 11.1 Å². The highest BCUT2D eigenvalue weighted by Crippen LogP contribution is 2.18. The molecule has 0 bridgehead atoms. The fourth-order valence-corrected chi connectivity index (χ4v) is 2.47. The van der Waals surface area contributed by atoms with E-state index in [0.717, 1.165) is 34.6 Å². The Balaban J connectivity index is 2.23. The molecule has 0 saturated carbocycles. The molecule has 2 rings (SSSR count). The summed E-state index contributed by atoms with van der Waals surface area (Å²) in [6.07, 6.45) is 4.67. The molecule has 3 N–H and O–H groups in total. The number of hydrogen-bond acceptors (Lipinski definition) is 4. The molecule has 0 saturated heterocycles. The maximum Gasteiger partial charge on any atom is 0.136 e. The highest BCUT2D eigenvalue weighted by atomic mass is 32.1. The second-order valence-corrected chi connectivity index (χ2v) is 5.14. The molecule has 2 aromatic heterocycles. The van der Waals surface area contributed by atoms with E-state index in [1.807, 2.05) is 30.9 Å². The molecule has 106 valence electrons. The highest BCUT2D eigenvalue weighted by Gasteiger charge is 2.11. The van der Waals surface area contributed by atoms with Crippen molar-refractivity contribution < 1.29 is 0 Å². The molecule has 0 aliphatic rings. The summed E-state index contributed by atoms with van der Waals surface area (Å²) in [4.78, 5) is 4.69. The second-order valence-electron chi connectivity index (χ2n) is 4.70. The molecule has 0 unspecified atom stereocenters. The number of hydrogen-bond donors (Lipinski definition) is 2. The molecule has 2 aromatic rings. The van der Waals surface area contributed by atoms with Gasteiger partial charge in [-0.3, -0.25) is 4.68 Å². The van der Waals surface area contributed by atoms with Gasteiger partial charge >= 0.3 is 0 Å². The topological polar surface area (TPSA) is 68.8 Å². The van der Waals surface area contributed by atoms with Gasteiger partial charge < -0.3 is 11.1 Å². The Morgan fingerprint density at radius 2 is 2.25 bits per heavy atom. The molecule has 0 radical (unpaired) electrons. The zero-order chi connectivity index (χ0) is 14.7. The van der Waals surface area contributed by atoms with E-state index in [2.05, 4.69) is 22.3 Å². The summed E-state index contributed by atoms with van der Waals surface area (Å²) in [7, 11) is 1.92. The molecule has 0 spiro atoms. The lowest BCUT2D eigenvalue weighted by atomic mass is 10.1. The Bertz CT molecular complexity index is 632. The van der Waals surface area contributed by atoms with E-state index < -0.39 is 0 Å². The van der Waals surface area contributed by atoms with Gasteiger partial charge in [-0.2, -0.15) is 5.10 Å². The van der Waals surface area contributed by atoms with Crippen LogP contribution in [-0.2, 0) is 20.0 Å². The zero-order valence-corrected chi connectivity index (χ0v) is 12.8. The van der Waals surface area contributed by atoms with Gasteiger partial charge in [-0.05, 0) is 25.0 Å². The monoisotopic (exact) mass is 289 g/mol. The zero-order valence-electron chi connectivity index (χ0n) is 12.0. The Morgan fingerprint density at radius 1 is 1.50 bits per heavy atom. The predicted octanol–water partition coefficient (Wildman–Crippen LogP) is 1.93. The first-order valence-corrected chi connectivity index (χ1v) is 6.94. The summed E-state index contributed by atoms with van der Waals surface area (Å²) in [6, 6.07) is 1.90. The third kappa shape index (κ3) is 2.96. The Hall–Kier alpha value is -1.95. The number of anilines is 1. The summed E-state index contributed by atoms with van der Waals surface area (Å²) < 4.78 is 1.83. The van der Waals surface area contributed by atoms with Crippen LogP contribution in [-0.4, -0.2) is 19.8 Å². The van der Waals surface area contributed by atoms with Crippen molar-refractivity contribution in [3.8, 4) is 0 Å². The van der Waals surface area contributed by atoms with Crippen molar-refractivity contribution in [3.63, 3.8) is 0 Å². The average Bonchev–Trinajstić information content (AvgIpc) is 2.76. The van der Waals surface area contributed by atoms with Gasteiger partial charge in [-0.1, -0.05) is 19.1 Å². The first-order valence-electron chi connectivity index (χ1n) is 6.53. The normalized spacial score (nSPS) is 10.6. The van der Waals surface area contributed by atoms with Crippen LogP contribution in [0.1, 0.15) is 29.3 Å². The summed E-state index contributed by atoms with van der Waals surface area (Å²) in [5.41, 5.74) is 9.86. The SMILES string of the molecule is CCc1nn(C)cc1CNc1nccc(C)c1C(N)=S. The molecule has 0 fully saturated rings. The first-order chi connectivity index (χ1) is 9.52. The Labute approximate surface area is 124 Å². The number of aryl methyl sites for hydroxylation is 3. The number of pyridine rings is 1. The summed E-state index contributed by atoms with van der Waals surface area (Å²) in [5.74, 6) is 0.725. The van der Waals surface area contributed by atoms with Crippen molar-refractivity contribution in [2.24, 2.45) is 12.8 Å². The molecule has 0 atom stereocenters. The molecule has 0 aliphatic heterocycles. The van der Waals surface area contributed by atoms with Crippen LogP contribution >= 0.6 is 12.2 Å². The lowest BCUT2D eigenvalue weighted by molar-refractivity contribution is 0.746. The van der Waals surface area contributed by atoms with E-state index in [1.54, 1.807) is 6.20 Å². The molecule has 0 aliphatic carbocycles. The van der Waals surface area contributed by atoms with Crippen LogP contribution in [0.25, 0.3) is 0 Å². The van der Waals surface area contributed by atoms with Crippen molar-refractivity contribution >= 4 is 23.0 Å². The van der Waals surface area contributed by atoms with E-state index >= 15 is 0 Å². The fraction of sp³-hybridized carbons (Fsp3) is 0.357. The van der Waals surface area contributed by atoms with Crippen molar-refractivity contribution in [3.05, 3.63) is 40.8 Å². The number of rotatable bonds is 5. The minimum atomic E-state index is 0.361. The van der Waals surface area contributed by atoms with Gasteiger partial charge in [0.2, 0.25) is 0 Å². The molecule has 20 heavy (non-hydrogen) atoms. The molecule has 6 heteroatoms. The standard InChI is InChI=1S/C14H19N5S/c1-4-11-10(8-19(3)18-11)7-17-14-12(13(15)20)9(2)5-6-16-14/h5-6,8H,4,7H2,1-3H3,(H2,15,20)(H,16,17). The maximum atomic E-state index is 5.78. The summed E-state index contributed by atoms with van der Waals surface area (Å²) in [5, 5.41) is 7.73. The number of nitrogens with one attached hydrogen (secondary N) is 1. The predicted molar refractivity (Wildman–Crippen MR) is 84.8 cm³/mol. The van der Waals surface area contributed by atoms with Crippen LogP contribution in [0, 0.1) is 6.92 Å². The third-order valence-electron chi connectivity index (χ3n) is 3.18. The number of thiocarbonyl (C=S) groups is 1. The summed E-state index contributed by atoms with van der Waals surface area (Å²) >= 11 is 5.10. The van der Waals surface area contributed by atoms with E-state index in [1.165, 1.54) is 0 Å². The first kappa shape index (κ1) is 14.5. The third-order valence-corrected chi connectivity index (χ3v) is 3.38. The van der Waals surface area contributed by atoms with E-state index in [-0.39, 0.29) is 0 Å². The lowest BCUT2D eigenvalue weighted by Gasteiger charge is -2.12. The van der Waals surface area contributed by atoms with Crippen LogP contribution in [0.5, 0.6) is 0 Å². The smallest absolute Gasteiger partial charge is 0.136 e. The number of aromatic nitrogens is 3. The molecule has 0 amide bonds. The Kier molecular flexibility index (Phi) is 4.34. The largest absolute Gasteiger partial charge is 0.389 e. The second kappa shape index (κ2) is 6.00. The van der Waals surface area contributed by atoms with Crippen molar-refractivity contribution in [2.45, 2.75) is 26.8 Å². The van der Waals surface area contributed by atoms with E-state index in [4.69, 9.17) is 18.0 Å². The molecule has 0 aromatic carbocycles. The lowest BCUT2D eigenvalue weighted by Crippen LogP contribution is -2.16. The average molecular weight is 289 g/mol. The molecular formula is C14H19N5S. The van der Waals surface area contributed by atoms with E-state index in [0.29, 0.717) is 11.5 Å². The number of nitrogens with two attached hydrogens (primary N) is 1. The Morgan fingerprint density at radius 3 is 2.90 bits per heavy atom. The van der Waals surface area contributed by atoms with Crippen LogP contribution in [0.4, 0.5) is 5.82 Å². The van der Waals surface area contributed by atoms with Gasteiger partial charge in [0.05, 0.1) is 11.3 Å². The van der Waals surface area contributed by atoms with Gasteiger partial charge in [0.1, 0.15) is 10.8 Å². The van der Waals surface area contributed by atoms with Gasteiger partial charge in [0, 0.05) is 31.5 Å². The van der Waals surface area contributed by atoms with Crippen LogP contribution in [0.15, 0.2) is 18.5 Å². The fourth-order valence-electron chi connectivity index (χ4n) is 2.21. The molecular weight excluding hydrogens is 270 g/mol. The van der Waals surface area contributed by atoms with Gasteiger partial charge in [0.15, 0.2) is 0 Å². The number of nitrogens with zero attached hydrogens (tertiary/aromatic N) is 3. The minimum absolute atomic E-state index is 0.361. The van der Waals surface area contributed by atoms with E-state index in [9.17, 15) is 0 Å². The van der Waals surface area contributed by atoms with Crippen molar-refractivity contribution in [2.75, 3.05) is 5.32 Å². The van der Waals surface area contributed by atoms with Crippen LogP contribution in [0.2, 0.25) is 0 Å². The molecule has 2 heterocycles. The van der Waals surface area contributed by atoms with Crippen LogP contribution in [0.3, 0.4) is 0 Å². The quantitative estimate of drug-likeness (QED) is 0.823. The van der Waals surface area contributed by atoms with Crippen molar-refractivity contribution in [1.82, 2.24) is 14.8 Å². The van der Waals surface area contributed by atoms with Gasteiger partial charge in [-0.25, -0.2) is 4.98 Å². The minimum Gasteiger partial charge on any atom is -0.389 e. The van der Waals surface area contributed by atoms with Gasteiger partial charge in [0.25, 0.3) is 0 Å². The maximum absolute atomic E-state index is 5.78. The molecule has 5 nitrogen and oxygen atoms in total.